The molecule has 2 N–H and O–H groups in total. The Morgan fingerprint density at radius 1 is 1.00 bits per heavy atom. The van der Waals surface area contributed by atoms with E-state index in [9.17, 15) is 4.79 Å². The molecule has 5 heteroatoms. The van der Waals surface area contributed by atoms with Gasteiger partial charge in [-0.05, 0) is 18.7 Å². The number of likely N-dealkylation sites (N-methyl/N-ethyl adjacent to an activating group) is 1. The van der Waals surface area contributed by atoms with E-state index in [4.69, 9.17) is 4.74 Å². The van der Waals surface area contributed by atoms with Crippen LogP contribution in [-0.4, -0.2) is 32.7 Å². The molecule has 0 heterocycles. The molecule has 0 radical (unpaired) electrons. The van der Waals surface area contributed by atoms with Crippen molar-refractivity contribution >= 4 is 18.3 Å². The number of rotatable bonds is 8. The van der Waals surface area contributed by atoms with Crippen LogP contribution in [0.25, 0.3) is 11.1 Å². The van der Waals surface area contributed by atoms with Gasteiger partial charge in [0.25, 0.3) is 0 Å². The fraction of sp³-hybridized carbons (Fsp3) is 0.278. The van der Waals surface area contributed by atoms with E-state index in [0.29, 0.717) is 19.6 Å². The number of benzene rings is 2. The normalized spacial score (nSPS) is 9.78. The molecular weight excluding hydrogens is 312 g/mol. The number of ether oxygens (including phenoxy) is 1. The quantitative estimate of drug-likeness (QED) is 0.730. The number of carbonyl (C=O) groups is 1. The molecule has 124 valence electrons. The highest BCUT2D eigenvalue weighted by atomic mass is 35.5. The van der Waals surface area contributed by atoms with Crippen molar-refractivity contribution in [2.24, 2.45) is 0 Å². The fourth-order valence-electron chi connectivity index (χ4n) is 2.12. The van der Waals surface area contributed by atoms with Crippen LogP contribution in [0.3, 0.4) is 0 Å². The average Bonchev–Trinajstić information content (AvgIpc) is 2.56. The Kier molecular flexibility index (Phi) is 8.80. The fourth-order valence-corrected chi connectivity index (χ4v) is 2.12. The Morgan fingerprint density at radius 3 is 2.43 bits per heavy atom. The van der Waals surface area contributed by atoms with E-state index in [1.54, 1.807) is 0 Å². The number of carbonyl (C=O) groups excluding carboxylic acids is 1. The zero-order chi connectivity index (χ0) is 15.6. The number of hydrogen-bond donors (Lipinski definition) is 2. The topological polar surface area (TPSA) is 50.4 Å². The molecule has 2 aromatic rings. The van der Waals surface area contributed by atoms with Crippen molar-refractivity contribution in [2.75, 3.05) is 26.7 Å². The Bertz CT molecular complexity index is 591. The van der Waals surface area contributed by atoms with Crippen LogP contribution >= 0.6 is 12.4 Å². The van der Waals surface area contributed by atoms with Gasteiger partial charge in [-0.2, -0.15) is 0 Å². The molecule has 0 saturated heterocycles. The van der Waals surface area contributed by atoms with Crippen molar-refractivity contribution in [3.63, 3.8) is 0 Å². The lowest BCUT2D eigenvalue weighted by molar-refractivity contribution is -0.121. The van der Waals surface area contributed by atoms with Crippen LogP contribution in [-0.2, 0) is 4.79 Å². The molecule has 4 nitrogen and oxygen atoms in total. The van der Waals surface area contributed by atoms with Crippen molar-refractivity contribution in [1.82, 2.24) is 10.6 Å². The predicted octanol–water partition coefficient (Wildman–Crippen LogP) is 2.88. The molecule has 0 spiro atoms. The van der Waals surface area contributed by atoms with Crippen LogP contribution < -0.4 is 15.4 Å². The second kappa shape index (κ2) is 10.6. The smallest absolute Gasteiger partial charge is 0.223 e. The minimum absolute atomic E-state index is 0. The van der Waals surface area contributed by atoms with Gasteiger partial charge in [0, 0.05) is 18.7 Å². The highest BCUT2D eigenvalue weighted by Crippen LogP contribution is 2.29. The van der Waals surface area contributed by atoms with Crippen molar-refractivity contribution in [3.8, 4) is 16.9 Å². The zero-order valence-corrected chi connectivity index (χ0v) is 14.1. The first kappa shape index (κ1) is 19.0. The van der Waals surface area contributed by atoms with E-state index in [-0.39, 0.29) is 18.3 Å². The summed E-state index contributed by atoms with van der Waals surface area (Å²) in [5.41, 5.74) is 2.15. The van der Waals surface area contributed by atoms with E-state index in [1.807, 2.05) is 61.6 Å². The molecule has 0 saturated carbocycles. The maximum atomic E-state index is 11.6. The summed E-state index contributed by atoms with van der Waals surface area (Å²) in [7, 11) is 1.86. The van der Waals surface area contributed by atoms with Gasteiger partial charge in [0.2, 0.25) is 5.91 Å². The van der Waals surface area contributed by atoms with Crippen molar-refractivity contribution in [1.29, 1.82) is 0 Å². The molecular formula is C18H23ClN2O2. The summed E-state index contributed by atoms with van der Waals surface area (Å²) in [5.74, 6) is 0.809. The lowest BCUT2D eigenvalue weighted by atomic mass is 10.1. The van der Waals surface area contributed by atoms with Crippen LogP contribution in [0.15, 0.2) is 54.6 Å². The minimum atomic E-state index is 0. The van der Waals surface area contributed by atoms with Crippen molar-refractivity contribution in [2.45, 2.75) is 6.42 Å². The molecule has 0 bridgehead atoms. The van der Waals surface area contributed by atoms with Crippen LogP contribution in [0.4, 0.5) is 0 Å². The summed E-state index contributed by atoms with van der Waals surface area (Å²) < 4.78 is 5.79. The first-order valence-corrected chi connectivity index (χ1v) is 7.50. The Morgan fingerprint density at radius 2 is 1.70 bits per heavy atom. The van der Waals surface area contributed by atoms with E-state index in [1.165, 1.54) is 0 Å². The SMILES string of the molecule is CNCCNC(=O)CCOc1ccccc1-c1ccccc1.Cl. The number of nitrogens with one attached hydrogen (secondary N) is 2. The molecule has 2 rings (SSSR count). The van der Waals surface area contributed by atoms with Gasteiger partial charge < -0.3 is 15.4 Å². The molecule has 0 aliphatic carbocycles. The highest BCUT2D eigenvalue weighted by Gasteiger charge is 2.06. The summed E-state index contributed by atoms with van der Waals surface area (Å²) in [4.78, 5) is 11.6. The lowest BCUT2D eigenvalue weighted by Crippen LogP contribution is -2.31. The summed E-state index contributed by atoms with van der Waals surface area (Å²) in [6, 6.07) is 18.0. The second-order valence-corrected chi connectivity index (χ2v) is 4.91. The molecule has 0 aromatic heterocycles. The summed E-state index contributed by atoms with van der Waals surface area (Å²) in [6.07, 6.45) is 0.354. The monoisotopic (exact) mass is 334 g/mol. The Hall–Kier alpha value is -2.04. The third-order valence-corrected chi connectivity index (χ3v) is 3.26. The Labute approximate surface area is 143 Å². The zero-order valence-electron chi connectivity index (χ0n) is 13.2. The molecule has 0 atom stereocenters. The molecule has 23 heavy (non-hydrogen) atoms. The van der Waals surface area contributed by atoms with Gasteiger partial charge in [-0.15, -0.1) is 12.4 Å². The van der Waals surface area contributed by atoms with Crippen LogP contribution in [0.2, 0.25) is 0 Å². The number of amides is 1. The average molecular weight is 335 g/mol. The van der Waals surface area contributed by atoms with Gasteiger partial charge in [0.1, 0.15) is 5.75 Å². The van der Waals surface area contributed by atoms with Gasteiger partial charge in [0.15, 0.2) is 0 Å². The molecule has 2 aromatic carbocycles. The first-order valence-electron chi connectivity index (χ1n) is 7.50. The maximum Gasteiger partial charge on any atom is 0.223 e. The van der Waals surface area contributed by atoms with Crippen LogP contribution in [0.1, 0.15) is 6.42 Å². The highest BCUT2D eigenvalue weighted by molar-refractivity contribution is 5.85. The largest absolute Gasteiger partial charge is 0.492 e. The molecule has 1 amide bonds. The van der Waals surface area contributed by atoms with E-state index in [2.05, 4.69) is 10.6 Å². The molecule has 0 aliphatic heterocycles. The summed E-state index contributed by atoms with van der Waals surface area (Å²) in [5, 5.41) is 5.82. The van der Waals surface area contributed by atoms with Gasteiger partial charge in [-0.3, -0.25) is 4.79 Å². The maximum absolute atomic E-state index is 11.6. The lowest BCUT2D eigenvalue weighted by Gasteiger charge is -2.11. The van der Waals surface area contributed by atoms with E-state index < -0.39 is 0 Å². The number of halogens is 1. The number of para-hydroxylation sites is 1. The first-order chi connectivity index (χ1) is 10.8. The predicted molar refractivity (Wildman–Crippen MR) is 96.2 cm³/mol. The third kappa shape index (κ3) is 6.30. The van der Waals surface area contributed by atoms with Gasteiger partial charge in [0.05, 0.1) is 13.0 Å². The van der Waals surface area contributed by atoms with Crippen LogP contribution in [0, 0.1) is 0 Å². The second-order valence-electron chi connectivity index (χ2n) is 4.91. The minimum Gasteiger partial charge on any atom is -0.492 e. The summed E-state index contributed by atoms with van der Waals surface area (Å²) in [6.45, 7) is 1.77. The molecule has 0 unspecified atom stereocenters. The molecule has 0 aliphatic rings. The molecule has 0 fully saturated rings. The standard InChI is InChI=1S/C18H22N2O2.ClH/c1-19-12-13-20-18(21)11-14-22-17-10-6-5-9-16(17)15-7-3-2-4-8-15;/h2-10,19H,11-14H2,1H3,(H,20,21);1H. The number of hydrogen-bond acceptors (Lipinski definition) is 3. The van der Waals surface area contributed by atoms with Crippen molar-refractivity contribution in [3.05, 3.63) is 54.6 Å². The summed E-state index contributed by atoms with van der Waals surface area (Å²) >= 11 is 0. The van der Waals surface area contributed by atoms with Gasteiger partial charge in [-0.25, -0.2) is 0 Å². The van der Waals surface area contributed by atoms with Crippen LogP contribution in [0.5, 0.6) is 5.75 Å². The third-order valence-electron chi connectivity index (χ3n) is 3.26. The van der Waals surface area contributed by atoms with Gasteiger partial charge >= 0.3 is 0 Å². The van der Waals surface area contributed by atoms with E-state index >= 15 is 0 Å². The van der Waals surface area contributed by atoms with Gasteiger partial charge in [-0.1, -0.05) is 48.5 Å². The van der Waals surface area contributed by atoms with E-state index in [0.717, 1.165) is 23.4 Å². The Balaban J connectivity index is 0.00000264. The van der Waals surface area contributed by atoms with Crippen molar-refractivity contribution < 1.29 is 9.53 Å².